The van der Waals surface area contributed by atoms with E-state index in [0.717, 1.165) is 11.4 Å². The molecule has 3 heteroatoms. The third-order valence-electron chi connectivity index (χ3n) is 2.46. The average Bonchev–Trinajstić information content (AvgIpc) is 1.91. The molecule has 4 N–H and O–H groups in total. The standard InChI is InChI=1S/C9H13N3/c10-7-4-8(11)9(12-5-7)6-2-1-3-6/h4-6H,1-3,10-11H2. The summed E-state index contributed by atoms with van der Waals surface area (Å²) in [6.45, 7) is 0. The van der Waals surface area contributed by atoms with Crippen molar-refractivity contribution in [1.82, 2.24) is 4.98 Å². The van der Waals surface area contributed by atoms with Gasteiger partial charge in [0.2, 0.25) is 0 Å². The maximum atomic E-state index is 5.79. The Morgan fingerprint density at radius 2 is 2.08 bits per heavy atom. The van der Waals surface area contributed by atoms with Crippen LogP contribution in [0.5, 0.6) is 0 Å². The number of pyridine rings is 1. The Kier molecular flexibility index (Phi) is 1.64. The molecule has 3 nitrogen and oxygen atoms in total. The quantitative estimate of drug-likeness (QED) is 0.659. The minimum Gasteiger partial charge on any atom is -0.397 e. The molecule has 0 amide bonds. The highest BCUT2D eigenvalue weighted by atomic mass is 14.8. The molecule has 0 aromatic carbocycles. The molecule has 64 valence electrons. The zero-order valence-electron chi connectivity index (χ0n) is 6.96. The van der Waals surface area contributed by atoms with Crippen molar-refractivity contribution in [3.8, 4) is 0 Å². The van der Waals surface area contributed by atoms with Crippen molar-refractivity contribution >= 4 is 11.4 Å². The molecule has 0 spiro atoms. The minimum atomic E-state index is 0.589. The molecule has 1 aliphatic carbocycles. The van der Waals surface area contributed by atoms with Gasteiger partial charge in [-0.2, -0.15) is 0 Å². The van der Waals surface area contributed by atoms with Crippen molar-refractivity contribution in [3.63, 3.8) is 0 Å². The molecule has 0 aliphatic heterocycles. The summed E-state index contributed by atoms with van der Waals surface area (Å²) in [5, 5.41) is 0. The van der Waals surface area contributed by atoms with E-state index in [1.807, 2.05) is 0 Å². The monoisotopic (exact) mass is 163 g/mol. The molecule has 12 heavy (non-hydrogen) atoms. The van der Waals surface area contributed by atoms with Crippen molar-refractivity contribution in [3.05, 3.63) is 18.0 Å². The molecule has 0 bridgehead atoms. The summed E-state index contributed by atoms with van der Waals surface area (Å²) in [6, 6.07) is 1.79. The van der Waals surface area contributed by atoms with E-state index in [2.05, 4.69) is 4.98 Å². The van der Waals surface area contributed by atoms with E-state index in [9.17, 15) is 0 Å². The summed E-state index contributed by atoms with van der Waals surface area (Å²) in [6.07, 6.45) is 5.43. The molecule has 2 rings (SSSR count). The lowest BCUT2D eigenvalue weighted by Gasteiger charge is -2.25. The van der Waals surface area contributed by atoms with Crippen LogP contribution < -0.4 is 11.5 Å². The first-order chi connectivity index (χ1) is 5.77. The Bertz CT molecular complexity index is 292. The molecular weight excluding hydrogens is 150 g/mol. The fourth-order valence-corrected chi connectivity index (χ4v) is 1.53. The van der Waals surface area contributed by atoms with Gasteiger partial charge in [-0.3, -0.25) is 4.98 Å². The molecule has 0 atom stereocenters. The van der Waals surface area contributed by atoms with Gasteiger partial charge in [-0.1, -0.05) is 6.42 Å². The third kappa shape index (κ3) is 1.11. The number of hydrogen-bond acceptors (Lipinski definition) is 3. The summed E-state index contributed by atoms with van der Waals surface area (Å²) in [4.78, 5) is 4.25. The van der Waals surface area contributed by atoms with Crippen LogP contribution in [0.1, 0.15) is 30.9 Å². The summed E-state index contributed by atoms with van der Waals surface area (Å²) >= 11 is 0. The van der Waals surface area contributed by atoms with E-state index >= 15 is 0 Å². The van der Waals surface area contributed by atoms with E-state index in [1.165, 1.54) is 19.3 Å². The van der Waals surface area contributed by atoms with E-state index in [1.54, 1.807) is 12.3 Å². The predicted molar refractivity (Wildman–Crippen MR) is 49.7 cm³/mol. The second-order valence-corrected chi connectivity index (χ2v) is 3.37. The highest BCUT2D eigenvalue weighted by molar-refractivity contribution is 5.54. The van der Waals surface area contributed by atoms with Crippen molar-refractivity contribution < 1.29 is 0 Å². The normalized spacial score (nSPS) is 17.3. The fraction of sp³-hybridized carbons (Fsp3) is 0.444. The van der Waals surface area contributed by atoms with Crippen LogP contribution in [0.15, 0.2) is 12.3 Å². The van der Waals surface area contributed by atoms with Crippen LogP contribution in [0.3, 0.4) is 0 Å². The number of rotatable bonds is 1. The Morgan fingerprint density at radius 1 is 1.33 bits per heavy atom. The van der Waals surface area contributed by atoms with Gasteiger partial charge in [-0.15, -0.1) is 0 Å². The first kappa shape index (κ1) is 7.40. The average molecular weight is 163 g/mol. The number of aromatic nitrogens is 1. The predicted octanol–water partition coefficient (Wildman–Crippen LogP) is 1.51. The van der Waals surface area contributed by atoms with Gasteiger partial charge in [0.15, 0.2) is 0 Å². The highest BCUT2D eigenvalue weighted by Gasteiger charge is 2.22. The summed E-state index contributed by atoms with van der Waals surface area (Å²) in [5.41, 5.74) is 13.8. The van der Waals surface area contributed by atoms with Crippen molar-refractivity contribution in [2.75, 3.05) is 11.5 Å². The van der Waals surface area contributed by atoms with Gasteiger partial charge in [0.1, 0.15) is 0 Å². The van der Waals surface area contributed by atoms with Gasteiger partial charge in [-0.25, -0.2) is 0 Å². The topological polar surface area (TPSA) is 64.9 Å². The molecule has 1 fully saturated rings. The summed E-state index contributed by atoms with van der Waals surface area (Å²) in [5.74, 6) is 0.589. The molecule has 0 radical (unpaired) electrons. The third-order valence-corrected chi connectivity index (χ3v) is 2.46. The number of nitrogens with two attached hydrogens (primary N) is 2. The second-order valence-electron chi connectivity index (χ2n) is 3.37. The van der Waals surface area contributed by atoms with Crippen molar-refractivity contribution in [2.45, 2.75) is 25.2 Å². The van der Waals surface area contributed by atoms with Crippen LogP contribution in [0.2, 0.25) is 0 Å². The van der Waals surface area contributed by atoms with Crippen molar-refractivity contribution in [2.24, 2.45) is 0 Å². The molecule has 1 aromatic heterocycles. The number of nitrogen functional groups attached to an aromatic ring is 2. The van der Waals surface area contributed by atoms with Crippen LogP contribution >= 0.6 is 0 Å². The maximum Gasteiger partial charge on any atom is 0.0665 e. The Labute approximate surface area is 71.8 Å². The lowest BCUT2D eigenvalue weighted by atomic mass is 9.82. The first-order valence-corrected chi connectivity index (χ1v) is 4.28. The lowest BCUT2D eigenvalue weighted by molar-refractivity contribution is 0.412. The number of nitrogens with zero attached hydrogens (tertiary/aromatic N) is 1. The molecule has 1 heterocycles. The first-order valence-electron chi connectivity index (χ1n) is 4.28. The van der Waals surface area contributed by atoms with Crippen LogP contribution in [0, 0.1) is 0 Å². The number of hydrogen-bond donors (Lipinski definition) is 2. The van der Waals surface area contributed by atoms with Gasteiger partial charge in [0, 0.05) is 5.92 Å². The highest BCUT2D eigenvalue weighted by Crippen LogP contribution is 2.37. The zero-order chi connectivity index (χ0) is 8.55. The Hall–Kier alpha value is -1.25. The molecule has 1 aliphatic rings. The summed E-state index contributed by atoms with van der Waals surface area (Å²) in [7, 11) is 0. The van der Waals surface area contributed by atoms with Crippen LogP contribution in [-0.2, 0) is 0 Å². The van der Waals surface area contributed by atoms with Gasteiger partial charge in [0.05, 0.1) is 23.3 Å². The van der Waals surface area contributed by atoms with Crippen LogP contribution in [-0.4, -0.2) is 4.98 Å². The molecule has 1 aromatic rings. The lowest BCUT2D eigenvalue weighted by Crippen LogP contribution is -2.13. The van der Waals surface area contributed by atoms with Gasteiger partial charge < -0.3 is 11.5 Å². The largest absolute Gasteiger partial charge is 0.397 e. The van der Waals surface area contributed by atoms with Crippen molar-refractivity contribution in [1.29, 1.82) is 0 Å². The van der Waals surface area contributed by atoms with E-state index in [-0.39, 0.29) is 0 Å². The van der Waals surface area contributed by atoms with Gasteiger partial charge >= 0.3 is 0 Å². The molecule has 0 unspecified atom stereocenters. The van der Waals surface area contributed by atoms with E-state index in [4.69, 9.17) is 11.5 Å². The fourth-order valence-electron chi connectivity index (χ4n) is 1.53. The maximum absolute atomic E-state index is 5.79. The van der Waals surface area contributed by atoms with E-state index < -0.39 is 0 Å². The smallest absolute Gasteiger partial charge is 0.0665 e. The van der Waals surface area contributed by atoms with E-state index in [0.29, 0.717) is 11.6 Å². The SMILES string of the molecule is Nc1cnc(C2CCC2)c(N)c1. The van der Waals surface area contributed by atoms with Gasteiger partial charge in [0.25, 0.3) is 0 Å². The Balaban J connectivity index is 2.31. The summed E-state index contributed by atoms with van der Waals surface area (Å²) < 4.78 is 0. The molecule has 0 saturated heterocycles. The number of anilines is 2. The minimum absolute atomic E-state index is 0.589. The zero-order valence-corrected chi connectivity index (χ0v) is 6.96. The van der Waals surface area contributed by atoms with Gasteiger partial charge in [-0.05, 0) is 18.9 Å². The van der Waals surface area contributed by atoms with Crippen LogP contribution in [0.25, 0.3) is 0 Å². The molecular formula is C9H13N3. The second kappa shape index (κ2) is 2.66. The van der Waals surface area contributed by atoms with Crippen LogP contribution in [0.4, 0.5) is 11.4 Å². The molecule has 1 saturated carbocycles. The Morgan fingerprint density at radius 3 is 2.58 bits per heavy atom.